The minimum absolute atomic E-state index is 0.511. The minimum Gasteiger partial charge on any atom is -0.355 e. The van der Waals surface area contributed by atoms with Gasteiger partial charge in [-0.05, 0) is 45.1 Å². The van der Waals surface area contributed by atoms with E-state index in [1.54, 1.807) is 17.1 Å². The van der Waals surface area contributed by atoms with Gasteiger partial charge in [0.2, 0.25) is 5.95 Å². The number of aryl methyl sites for hydroxylation is 2. The number of aromatic nitrogens is 7. The summed E-state index contributed by atoms with van der Waals surface area (Å²) in [5.41, 5.74) is 5.20. The highest BCUT2D eigenvalue weighted by atomic mass is 15.4. The van der Waals surface area contributed by atoms with Gasteiger partial charge in [0.05, 0.1) is 6.20 Å². The Morgan fingerprint density at radius 3 is 2.73 bits per heavy atom. The van der Waals surface area contributed by atoms with Gasteiger partial charge in [-0.15, -0.1) is 5.10 Å². The van der Waals surface area contributed by atoms with Crippen molar-refractivity contribution in [2.45, 2.75) is 46.1 Å². The van der Waals surface area contributed by atoms with Gasteiger partial charge in [-0.3, -0.25) is 0 Å². The van der Waals surface area contributed by atoms with Crippen LogP contribution in [0.5, 0.6) is 0 Å². The third kappa shape index (κ3) is 3.40. The molecule has 26 heavy (non-hydrogen) atoms. The molecule has 1 aliphatic carbocycles. The number of fused-ring (bicyclic) bond motifs is 1. The maximum Gasteiger partial charge on any atom is 0.222 e. The Hall–Kier alpha value is -2.90. The molecule has 0 aromatic carbocycles. The molecule has 0 amide bonds. The molecule has 8 heteroatoms. The molecule has 0 bridgehead atoms. The minimum atomic E-state index is 0.511. The normalized spacial score (nSPS) is 13.5. The lowest BCUT2D eigenvalue weighted by atomic mass is 9.95. The predicted octanol–water partition coefficient (Wildman–Crippen LogP) is 2.19. The van der Waals surface area contributed by atoms with E-state index in [4.69, 9.17) is 4.98 Å². The highest BCUT2D eigenvalue weighted by Gasteiger charge is 2.16. The molecular formula is C18H22N8. The first-order valence-corrected chi connectivity index (χ1v) is 9.04. The number of anilines is 1. The van der Waals surface area contributed by atoms with Crippen LogP contribution in [0.25, 0.3) is 11.3 Å². The number of hydrogen-bond donors (Lipinski definition) is 1. The summed E-state index contributed by atoms with van der Waals surface area (Å²) in [7, 11) is 0. The molecule has 1 aliphatic rings. The summed E-state index contributed by atoms with van der Waals surface area (Å²) in [5, 5.41) is 11.5. The molecule has 8 nitrogen and oxygen atoms in total. The average Bonchev–Trinajstić information content (AvgIpc) is 3.11. The van der Waals surface area contributed by atoms with E-state index in [0.29, 0.717) is 12.5 Å². The van der Waals surface area contributed by atoms with Crippen LogP contribution in [-0.4, -0.2) is 41.5 Å². The quantitative estimate of drug-likeness (QED) is 0.753. The molecule has 3 heterocycles. The molecule has 0 fully saturated rings. The lowest BCUT2D eigenvalue weighted by Gasteiger charge is -2.17. The Kier molecular flexibility index (Phi) is 4.55. The zero-order chi connectivity index (χ0) is 17.9. The zero-order valence-electron chi connectivity index (χ0n) is 15.1. The highest BCUT2D eigenvalue weighted by molar-refractivity contribution is 5.55. The Morgan fingerprint density at radius 2 is 1.92 bits per heavy atom. The van der Waals surface area contributed by atoms with Crippen LogP contribution in [0.1, 0.15) is 42.5 Å². The van der Waals surface area contributed by atoms with Gasteiger partial charge in [0.15, 0.2) is 0 Å². The molecule has 134 valence electrons. The molecule has 3 aromatic heterocycles. The maximum atomic E-state index is 4.75. The lowest BCUT2D eigenvalue weighted by molar-refractivity contribution is 0.601. The molecule has 0 aliphatic heterocycles. The van der Waals surface area contributed by atoms with E-state index in [2.05, 4.69) is 37.5 Å². The summed E-state index contributed by atoms with van der Waals surface area (Å²) in [4.78, 5) is 18.0. The number of rotatable bonds is 5. The predicted molar refractivity (Wildman–Crippen MR) is 97.7 cm³/mol. The average molecular weight is 350 g/mol. The van der Waals surface area contributed by atoms with Crippen LogP contribution < -0.4 is 5.32 Å². The molecule has 1 N–H and O–H groups in total. The van der Waals surface area contributed by atoms with Crippen LogP contribution in [0.2, 0.25) is 0 Å². The smallest absolute Gasteiger partial charge is 0.222 e. The first-order valence-electron chi connectivity index (χ1n) is 9.04. The Morgan fingerprint density at radius 1 is 1.12 bits per heavy atom. The van der Waals surface area contributed by atoms with Crippen LogP contribution >= 0.6 is 0 Å². The van der Waals surface area contributed by atoms with Crippen molar-refractivity contribution < 1.29 is 0 Å². The topological polar surface area (TPSA) is 94.3 Å². The van der Waals surface area contributed by atoms with E-state index in [1.165, 1.54) is 24.1 Å². The van der Waals surface area contributed by atoms with Gasteiger partial charge in [0.25, 0.3) is 0 Å². The van der Waals surface area contributed by atoms with E-state index in [0.717, 1.165) is 42.2 Å². The van der Waals surface area contributed by atoms with Crippen molar-refractivity contribution in [3.05, 3.63) is 41.4 Å². The van der Waals surface area contributed by atoms with E-state index in [9.17, 15) is 0 Å². The van der Waals surface area contributed by atoms with Crippen molar-refractivity contribution in [1.82, 2.24) is 34.9 Å². The van der Waals surface area contributed by atoms with Gasteiger partial charge in [-0.25, -0.2) is 24.6 Å². The molecule has 0 atom stereocenters. The summed E-state index contributed by atoms with van der Waals surface area (Å²) in [6.07, 6.45) is 9.96. The standard InChI is InChI=1S/C18H22N8/c1-3-19-18-20-8-13(9-21-18)16-10-26(25-24-16)11-17-22-12(2)14-6-4-5-7-15(14)23-17/h8-10H,3-7,11H2,1-2H3,(H,19,20,21). The Labute approximate surface area is 152 Å². The van der Waals surface area contributed by atoms with Gasteiger partial charge in [-0.2, -0.15) is 0 Å². The van der Waals surface area contributed by atoms with Crippen molar-refractivity contribution in [3.63, 3.8) is 0 Å². The van der Waals surface area contributed by atoms with Crippen LogP contribution in [-0.2, 0) is 19.4 Å². The molecule has 0 saturated heterocycles. The molecule has 0 unspecified atom stereocenters. The van der Waals surface area contributed by atoms with Crippen LogP contribution in [0.3, 0.4) is 0 Å². The van der Waals surface area contributed by atoms with Crippen LogP contribution in [0, 0.1) is 6.92 Å². The van der Waals surface area contributed by atoms with E-state index >= 15 is 0 Å². The number of hydrogen-bond acceptors (Lipinski definition) is 7. The van der Waals surface area contributed by atoms with E-state index in [1.807, 2.05) is 13.1 Å². The third-order valence-electron chi connectivity index (χ3n) is 4.56. The largest absolute Gasteiger partial charge is 0.355 e. The van der Waals surface area contributed by atoms with Gasteiger partial charge >= 0.3 is 0 Å². The van der Waals surface area contributed by atoms with Gasteiger partial charge < -0.3 is 5.32 Å². The molecule has 4 rings (SSSR count). The summed E-state index contributed by atoms with van der Waals surface area (Å²) in [6, 6.07) is 0. The SMILES string of the molecule is CCNc1ncc(-c2cn(Cc3nc(C)c4c(n3)CCCC4)nn2)cn1. The highest BCUT2D eigenvalue weighted by Crippen LogP contribution is 2.22. The fourth-order valence-electron chi connectivity index (χ4n) is 3.28. The fourth-order valence-corrected chi connectivity index (χ4v) is 3.28. The van der Waals surface area contributed by atoms with Gasteiger partial charge in [-0.1, -0.05) is 5.21 Å². The van der Waals surface area contributed by atoms with Crippen LogP contribution in [0.15, 0.2) is 18.6 Å². The van der Waals surface area contributed by atoms with E-state index in [-0.39, 0.29) is 0 Å². The van der Waals surface area contributed by atoms with Crippen molar-refractivity contribution >= 4 is 5.95 Å². The molecular weight excluding hydrogens is 328 g/mol. The van der Waals surface area contributed by atoms with Crippen LogP contribution in [0.4, 0.5) is 5.95 Å². The van der Waals surface area contributed by atoms with Crippen molar-refractivity contribution in [3.8, 4) is 11.3 Å². The van der Waals surface area contributed by atoms with Gasteiger partial charge in [0, 0.05) is 35.9 Å². The summed E-state index contributed by atoms with van der Waals surface area (Å²) in [5.74, 6) is 1.40. The first-order chi connectivity index (χ1) is 12.7. The second-order valence-electron chi connectivity index (χ2n) is 6.48. The Bertz CT molecular complexity index is 900. The molecule has 0 spiro atoms. The monoisotopic (exact) mass is 350 g/mol. The lowest BCUT2D eigenvalue weighted by Crippen LogP contribution is -2.14. The van der Waals surface area contributed by atoms with Crippen molar-refractivity contribution in [1.29, 1.82) is 0 Å². The molecule has 0 saturated carbocycles. The summed E-state index contributed by atoms with van der Waals surface area (Å²) in [6.45, 7) is 5.38. The first kappa shape index (κ1) is 16.6. The summed E-state index contributed by atoms with van der Waals surface area (Å²) < 4.78 is 1.76. The van der Waals surface area contributed by atoms with Crippen molar-refractivity contribution in [2.75, 3.05) is 11.9 Å². The van der Waals surface area contributed by atoms with Gasteiger partial charge in [0.1, 0.15) is 18.1 Å². The molecule has 3 aromatic rings. The number of nitrogens with zero attached hydrogens (tertiary/aromatic N) is 7. The maximum absolute atomic E-state index is 4.75. The number of nitrogens with one attached hydrogen (secondary N) is 1. The van der Waals surface area contributed by atoms with Crippen molar-refractivity contribution in [2.24, 2.45) is 0 Å². The zero-order valence-corrected chi connectivity index (χ0v) is 15.1. The molecule has 0 radical (unpaired) electrons. The summed E-state index contributed by atoms with van der Waals surface area (Å²) >= 11 is 0. The Balaban J connectivity index is 1.52. The second-order valence-corrected chi connectivity index (χ2v) is 6.48. The fraction of sp³-hybridized carbons (Fsp3) is 0.444. The third-order valence-corrected chi connectivity index (χ3v) is 4.56. The second kappa shape index (κ2) is 7.15. The van der Waals surface area contributed by atoms with E-state index < -0.39 is 0 Å².